The molecule has 0 aliphatic carbocycles. The van der Waals surface area contributed by atoms with Crippen LogP contribution in [-0.2, 0) is 10.3 Å². The van der Waals surface area contributed by atoms with E-state index in [9.17, 15) is 18.3 Å². The summed E-state index contributed by atoms with van der Waals surface area (Å²) in [6.45, 7) is 6.25. The van der Waals surface area contributed by atoms with E-state index in [0.29, 0.717) is 23.4 Å². The molecule has 6 rings (SSSR count). The first-order valence-electron chi connectivity index (χ1n) is 12.8. The maximum atomic E-state index is 14.7. The number of rotatable bonds is 7. The van der Waals surface area contributed by atoms with Crippen molar-refractivity contribution in [2.75, 3.05) is 32.9 Å². The predicted molar refractivity (Wildman–Crippen MR) is 133 cm³/mol. The van der Waals surface area contributed by atoms with Crippen LogP contribution in [0.2, 0.25) is 0 Å². The van der Waals surface area contributed by atoms with E-state index in [0.717, 1.165) is 57.2 Å². The highest BCUT2D eigenvalue weighted by Gasteiger charge is 2.32. The van der Waals surface area contributed by atoms with Gasteiger partial charge >= 0.3 is 0 Å². The first-order chi connectivity index (χ1) is 18.7. The Morgan fingerprint density at radius 3 is 2.56 bits per heavy atom. The van der Waals surface area contributed by atoms with Crippen LogP contribution in [0.1, 0.15) is 37.2 Å². The van der Waals surface area contributed by atoms with E-state index >= 15 is 0 Å². The zero-order valence-electron chi connectivity index (χ0n) is 21.5. The molecule has 10 nitrogen and oxygen atoms in total. The number of likely N-dealkylation sites (tertiary alicyclic amines) is 1. The first kappa shape index (κ1) is 25.7. The zero-order chi connectivity index (χ0) is 27.3. The summed E-state index contributed by atoms with van der Waals surface area (Å²) in [6, 6.07) is 2.93. The van der Waals surface area contributed by atoms with E-state index in [1.807, 2.05) is 11.6 Å². The molecule has 2 saturated heterocycles. The van der Waals surface area contributed by atoms with E-state index in [1.165, 1.54) is 11.4 Å². The largest absolute Gasteiger partial charge is 0.488 e. The van der Waals surface area contributed by atoms with E-state index in [4.69, 9.17) is 9.47 Å². The Kier molecular flexibility index (Phi) is 6.52. The molecule has 2 fully saturated rings. The third-order valence-electron chi connectivity index (χ3n) is 7.54. The summed E-state index contributed by atoms with van der Waals surface area (Å²) >= 11 is 0. The third-order valence-corrected chi connectivity index (χ3v) is 7.54. The van der Waals surface area contributed by atoms with Crippen LogP contribution < -0.4 is 4.74 Å². The predicted octanol–water partition coefficient (Wildman–Crippen LogP) is 3.04. The van der Waals surface area contributed by atoms with Gasteiger partial charge in [-0.05, 0) is 32.8 Å². The summed E-state index contributed by atoms with van der Waals surface area (Å²) in [4.78, 5) is 6.13. The van der Waals surface area contributed by atoms with Crippen molar-refractivity contribution in [3.63, 3.8) is 0 Å². The number of aromatic nitrogens is 6. The van der Waals surface area contributed by atoms with Gasteiger partial charge in [-0.25, -0.2) is 22.4 Å². The van der Waals surface area contributed by atoms with Gasteiger partial charge in [0.2, 0.25) is 0 Å². The maximum absolute atomic E-state index is 14.7. The highest BCUT2D eigenvalue weighted by atomic mass is 19.1. The van der Waals surface area contributed by atoms with Crippen molar-refractivity contribution in [2.45, 2.75) is 44.4 Å². The first-order valence-corrected chi connectivity index (χ1v) is 12.8. The third kappa shape index (κ3) is 4.74. The number of hydrogen-bond donors (Lipinski definition) is 1. The van der Waals surface area contributed by atoms with Crippen molar-refractivity contribution >= 4 is 5.52 Å². The van der Waals surface area contributed by atoms with Crippen LogP contribution in [0.25, 0.3) is 16.8 Å². The molecule has 0 aromatic carbocycles. The summed E-state index contributed by atoms with van der Waals surface area (Å²) in [5.74, 6) is -2.45. The van der Waals surface area contributed by atoms with Gasteiger partial charge in [0.1, 0.15) is 40.7 Å². The molecule has 0 radical (unpaired) electrons. The number of aliphatic hydroxyl groups is 1. The molecule has 206 valence electrons. The van der Waals surface area contributed by atoms with Gasteiger partial charge in [-0.3, -0.25) is 9.88 Å². The van der Waals surface area contributed by atoms with Crippen molar-refractivity contribution in [2.24, 2.45) is 0 Å². The van der Waals surface area contributed by atoms with Crippen LogP contribution in [0.4, 0.5) is 13.2 Å². The van der Waals surface area contributed by atoms with Gasteiger partial charge in [-0.1, -0.05) is 5.21 Å². The zero-order valence-corrected chi connectivity index (χ0v) is 21.5. The Bertz CT molecular complexity index is 1510. The van der Waals surface area contributed by atoms with E-state index in [2.05, 4.69) is 25.3 Å². The number of fused-ring (bicyclic) bond motifs is 1. The molecule has 2 aliphatic heterocycles. The van der Waals surface area contributed by atoms with Crippen molar-refractivity contribution in [3.05, 3.63) is 59.6 Å². The van der Waals surface area contributed by atoms with E-state index in [1.54, 1.807) is 12.3 Å². The maximum Gasteiger partial charge on any atom is 0.172 e. The topological polar surface area (TPSA) is 103 Å². The molecule has 0 amide bonds. The summed E-state index contributed by atoms with van der Waals surface area (Å²) < 4.78 is 56.6. The molecule has 6 heterocycles. The number of pyridine rings is 2. The second-order valence-corrected chi connectivity index (χ2v) is 10.4. The van der Waals surface area contributed by atoms with Crippen molar-refractivity contribution < 1.29 is 27.8 Å². The van der Waals surface area contributed by atoms with Gasteiger partial charge < -0.3 is 14.6 Å². The lowest BCUT2D eigenvalue weighted by atomic mass is 10.0. The van der Waals surface area contributed by atoms with Gasteiger partial charge in [0.15, 0.2) is 11.6 Å². The number of nitrogens with zero attached hydrogens (tertiary/aromatic N) is 7. The Labute approximate surface area is 222 Å². The lowest BCUT2D eigenvalue weighted by Crippen LogP contribution is -2.52. The van der Waals surface area contributed by atoms with Crippen LogP contribution in [0, 0.1) is 24.4 Å². The minimum atomic E-state index is -1.93. The molecule has 1 unspecified atom stereocenters. The number of hydrogen-bond acceptors (Lipinski definition) is 8. The normalized spacial score (nSPS) is 18.8. The molecule has 4 aromatic rings. The van der Waals surface area contributed by atoms with E-state index in [-0.39, 0.29) is 23.0 Å². The number of halogens is 3. The summed E-state index contributed by atoms with van der Waals surface area (Å²) in [5, 5.41) is 23.8. The van der Waals surface area contributed by atoms with Gasteiger partial charge in [0, 0.05) is 30.9 Å². The van der Waals surface area contributed by atoms with Crippen molar-refractivity contribution in [1.29, 1.82) is 0 Å². The molecule has 4 aromatic heterocycles. The molecule has 39 heavy (non-hydrogen) atoms. The van der Waals surface area contributed by atoms with Gasteiger partial charge in [-0.15, -0.1) is 5.10 Å². The molecular weight excluding hydrogens is 515 g/mol. The molecule has 13 heteroatoms. The molecule has 0 saturated carbocycles. The Morgan fingerprint density at radius 2 is 1.87 bits per heavy atom. The lowest BCUT2D eigenvalue weighted by molar-refractivity contribution is -0.0735. The van der Waals surface area contributed by atoms with Crippen molar-refractivity contribution in [1.82, 2.24) is 34.5 Å². The smallest absolute Gasteiger partial charge is 0.172 e. The van der Waals surface area contributed by atoms with Crippen LogP contribution in [0.5, 0.6) is 5.75 Å². The molecule has 1 N–H and O–H groups in total. The summed E-state index contributed by atoms with van der Waals surface area (Å²) in [6.07, 6.45) is 5.38. The standard InChI is InChI=1S/C26H28F3N7O3/c1-15-23(32-33-36(15)18-3-5-34(6-4-18)19-12-38-13-19)16-7-22(24-21(29)10-31-35(24)11-16)39-14-26(2,37)25-20(28)8-17(27)9-30-25/h7-11,18-19,37H,3-6,12-14H2,1-2H3. The fourth-order valence-electron chi connectivity index (χ4n) is 5.27. The lowest BCUT2D eigenvalue weighted by Gasteiger charge is -2.41. The van der Waals surface area contributed by atoms with Gasteiger partial charge in [-0.2, -0.15) is 5.10 Å². The molecule has 0 bridgehead atoms. The fraction of sp³-hybridized carbons (Fsp3) is 0.462. The highest BCUT2D eigenvalue weighted by Crippen LogP contribution is 2.34. The monoisotopic (exact) mass is 543 g/mol. The second kappa shape index (κ2) is 9.88. The second-order valence-electron chi connectivity index (χ2n) is 10.4. The van der Waals surface area contributed by atoms with Gasteiger partial charge in [0.25, 0.3) is 0 Å². The van der Waals surface area contributed by atoms with Crippen LogP contribution in [0.3, 0.4) is 0 Å². The Morgan fingerprint density at radius 1 is 1.10 bits per heavy atom. The van der Waals surface area contributed by atoms with Crippen LogP contribution >= 0.6 is 0 Å². The summed E-state index contributed by atoms with van der Waals surface area (Å²) in [5.41, 5.74) is -0.257. The van der Waals surface area contributed by atoms with Crippen LogP contribution in [-0.4, -0.2) is 78.6 Å². The molecule has 0 spiro atoms. The average Bonchev–Trinajstić information content (AvgIpc) is 3.44. The number of piperidine rings is 1. The fourth-order valence-corrected chi connectivity index (χ4v) is 5.27. The highest BCUT2D eigenvalue weighted by molar-refractivity contribution is 5.70. The average molecular weight is 544 g/mol. The molecule has 1 atom stereocenters. The van der Waals surface area contributed by atoms with Crippen LogP contribution in [0.15, 0.2) is 30.7 Å². The minimum absolute atomic E-state index is 0.0412. The molecular formula is C26H28F3N7O3. The Balaban J connectivity index is 1.26. The SMILES string of the molecule is Cc1c(-c2cc(OCC(C)(O)c3ncc(F)cc3F)c3c(F)cnn3c2)nnn1C1CCN(C2COC2)CC1. The van der Waals surface area contributed by atoms with E-state index < -0.39 is 29.7 Å². The minimum Gasteiger partial charge on any atom is -0.488 e. The van der Waals surface area contributed by atoms with Crippen molar-refractivity contribution in [3.8, 4) is 17.0 Å². The quantitative estimate of drug-likeness (QED) is 0.380. The number of ether oxygens (including phenoxy) is 2. The van der Waals surface area contributed by atoms with Gasteiger partial charge in [0.05, 0.1) is 43.4 Å². The summed E-state index contributed by atoms with van der Waals surface area (Å²) in [7, 11) is 0. The molecule has 2 aliphatic rings. The Hall–Kier alpha value is -3.55.